The predicted octanol–water partition coefficient (Wildman–Crippen LogP) is -3.03. The van der Waals surface area contributed by atoms with Gasteiger partial charge in [0.15, 0.2) is 0 Å². The minimum atomic E-state index is -2.43. The van der Waals surface area contributed by atoms with Crippen LogP contribution in [0.5, 0.6) is 0 Å². The molecule has 2 nitrogen and oxygen atoms in total. The molecule has 0 fully saturated rings. The second-order valence-corrected chi connectivity index (χ2v) is 21.4. The molecule has 1 amide bonds. The van der Waals surface area contributed by atoms with Crippen LogP contribution in [0.25, 0.3) is 6.08 Å². The van der Waals surface area contributed by atoms with Gasteiger partial charge in [-0.1, -0.05) is 0 Å². The number of benzene rings is 3. The van der Waals surface area contributed by atoms with Crippen molar-refractivity contribution in [1.82, 2.24) is 3.26 Å². The van der Waals surface area contributed by atoms with Crippen molar-refractivity contribution in [3.05, 3.63) is 102 Å². The molecule has 0 spiro atoms. The monoisotopic (exact) mass is 516 g/mol. The molecule has 0 saturated carbocycles. The van der Waals surface area contributed by atoms with E-state index in [-0.39, 0.29) is 30.7 Å². The Morgan fingerprint density at radius 3 is 1.90 bits per heavy atom. The van der Waals surface area contributed by atoms with Gasteiger partial charge in [-0.2, -0.15) is 0 Å². The summed E-state index contributed by atoms with van der Waals surface area (Å²) in [6.07, 6.45) is 4.59. The minimum absolute atomic E-state index is 0. The van der Waals surface area contributed by atoms with Crippen LogP contribution in [0.2, 0.25) is 0 Å². The molecular weight excluding hydrogens is 496 g/mol. The maximum absolute atomic E-state index is 12.2. The van der Waals surface area contributed by atoms with Crippen molar-refractivity contribution >= 4 is 28.3 Å². The van der Waals surface area contributed by atoms with Gasteiger partial charge in [0, 0.05) is 0 Å². The Bertz CT molecular complexity index is 929. The molecular formula is C23H22Cl2NOSiZr. The van der Waals surface area contributed by atoms with Crippen molar-refractivity contribution < 1.29 is 50.8 Å². The largest absolute Gasteiger partial charge is 1.00 e. The van der Waals surface area contributed by atoms with Crippen LogP contribution in [0.15, 0.2) is 91.0 Å². The first kappa shape index (κ1) is 23.8. The summed E-state index contributed by atoms with van der Waals surface area (Å²) in [6, 6.07) is 30.4. The number of allylic oxidation sites excluding steroid dienone is 1. The number of halogens is 2. The molecule has 6 heteroatoms. The number of fused-ring (bicyclic) bond motifs is 1. The summed E-state index contributed by atoms with van der Waals surface area (Å²) in [4.78, 5) is 12.2. The van der Waals surface area contributed by atoms with Gasteiger partial charge in [0.05, 0.1) is 0 Å². The van der Waals surface area contributed by atoms with Gasteiger partial charge in [0.2, 0.25) is 0 Å². The number of amides is 1. The number of carbonyl (C=O) groups is 1. The SMILES string of the molecule is CC(=O)[NH][Zr+2]([CH]1C=Cc2ccccc21)[SiH](c1ccccc1)c1ccccc1.[Cl-].[Cl-]. The molecule has 0 saturated heterocycles. The van der Waals surface area contributed by atoms with Crippen LogP contribution in [-0.2, 0) is 26.0 Å². The van der Waals surface area contributed by atoms with Gasteiger partial charge in [-0.25, -0.2) is 0 Å². The first-order valence-corrected chi connectivity index (χ1v) is 17.9. The van der Waals surface area contributed by atoms with Crippen molar-refractivity contribution in [2.24, 2.45) is 0 Å². The molecule has 29 heavy (non-hydrogen) atoms. The molecule has 0 aromatic heterocycles. The van der Waals surface area contributed by atoms with Gasteiger partial charge in [-0.3, -0.25) is 0 Å². The van der Waals surface area contributed by atoms with Crippen LogP contribution in [0.1, 0.15) is 21.7 Å². The van der Waals surface area contributed by atoms with Crippen LogP contribution < -0.4 is 38.4 Å². The molecule has 0 radical (unpaired) electrons. The summed E-state index contributed by atoms with van der Waals surface area (Å²) >= 11 is -2.43. The number of carbonyl (C=O) groups excluding carboxylic acids is 1. The van der Waals surface area contributed by atoms with E-state index in [1.165, 1.54) is 21.5 Å². The molecule has 3 aromatic rings. The summed E-state index contributed by atoms with van der Waals surface area (Å²) in [6.45, 7) is 1.67. The first-order valence-electron chi connectivity index (χ1n) is 9.25. The molecule has 1 N–H and O–H groups in total. The van der Waals surface area contributed by atoms with Crippen molar-refractivity contribution in [1.29, 1.82) is 0 Å². The first-order chi connectivity index (χ1) is 13.2. The van der Waals surface area contributed by atoms with E-state index in [1.54, 1.807) is 6.92 Å². The summed E-state index contributed by atoms with van der Waals surface area (Å²) in [7, 11) is 0. The zero-order valence-electron chi connectivity index (χ0n) is 16.1. The molecule has 1 aliphatic rings. The van der Waals surface area contributed by atoms with Crippen LogP contribution in [-0.4, -0.2) is 11.8 Å². The van der Waals surface area contributed by atoms with E-state index in [1.807, 2.05) is 0 Å². The molecule has 0 heterocycles. The van der Waals surface area contributed by atoms with E-state index < -0.39 is 27.1 Å². The van der Waals surface area contributed by atoms with Crippen LogP contribution in [0.4, 0.5) is 0 Å². The van der Waals surface area contributed by atoms with Gasteiger partial charge >= 0.3 is 170 Å². The van der Waals surface area contributed by atoms with E-state index >= 15 is 0 Å². The number of nitrogens with one attached hydrogen (secondary N) is 1. The second-order valence-electron chi connectivity index (χ2n) is 6.86. The van der Waals surface area contributed by atoms with Crippen molar-refractivity contribution in [3.8, 4) is 0 Å². The Balaban J connectivity index is 0.00000150. The van der Waals surface area contributed by atoms with Crippen LogP contribution >= 0.6 is 0 Å². The molecule has 1 aliphatic carbocycles. The Hall–Kier alpha value is -1.45. The summed E-state index contributed by atoms with van der Waals surface area (Å²) in [5.74, 6) is -1.40. The third-order valence-corrected chi connectivity index (χ3v) is 24.7. The third kappa shape index (κ3) is 5.38. The smallest absolute Gasteiger partial charge is 1.00 e. The van der Waals surface area contributed by atoms with E-state index in [2.05, 4.69) is 100 Å². The number of rotatable bonds is 5. The number of hydrogen-bond acceptors (Lipinski definition) is 1. The molecule has 147 valence electrons. The Labute approximate surface area is 193 Å². The van der Waals surface area contributed by atoms with Crippen molar-refractivity contribution in [3.63, 3.8) is 0 Å². The zero-order valence-corrected chi connectivity index (χ0v) is 21.2. The zero-order chi connectivity index (χ0) is 18.6. The normalized spacial score (nSPS) is 13.8. The topological polar surface area (TPSA) is 29.1 Å². The van der Waals surface area contributed by atoms with Gasteiger partial charge in [-0.15, -0.1) is 0 Å². The fraction of sp³-hybridized carbons (Fsp3) is 0.0870. The van der Waals surface area contributed by atoms with Crippen LogP contribution in [0.3, 0.4) is 0 Å². The van der Waals surface area contributed by atoms with E-state index in [9.17, 15) is 4.79 Å². The van der Waals surface area contributed by atoms with Gasteiger partial charge < -0.3 is 24.8 Å². The second kappa shape index (κ2) is 11.1. The standard InChI is InChI=1S/C12H11Si.C9H7.C2H5NO.2ClH.Zr/c1-3-7-11(8-4-1)13-12-9-5-2-6-10-12;1-2-5-9-7-3-6-8(9)4-1;1-2(3)4;;;/h1-10,13H;1-7H;1H3,(H2,3,4);2*1H;/q;;;;;+3/p-3. The molecule has 4 rings (SSSR count). The maximum atomic E-state index is 12.2. The van der Waals surface area contributed by atoms with Gasteiger partial charge in [0.1, 0.15) is 0 Å². The van der Waals surface area contributed by atoms with Gasteiger partial charge in [0.25, 0.3) is 0 Å². The van der Waals surface area contributed by atoms with E-state index in [0.29, 0.717) is 3.63 Å². The maximum Gasteiger partial charge on any atom is -1.00 e. The van der Waals surface area contributed by atoms with Gasteiger partial charge in [-0.05, 0) is 0 Å². The van der Waals surface area contributed by atoms with Crippen molar-refractivity contribution in [2.45, 2.75) is 10.5 Å². The Morgan fingerprint density at radius 1 is 0.828 bits per heavy atom. The molecule has 0 bridgehead atoms. The molecule has 3 aromatic carbocycles. The summed E-state index contributed by atoms with van der Waals surface area (Å²) < 4.78 is 3.92. The predicted molar refractivity (Wildman–Crippen MR) is 111 cm³/mol. The third-order valence-electron chi connectivity index (χ3n) is 5.03. The fourth-order valence-electron chi connectivity index (χ4n) is 3.90. The Kier molecular flexibility index (Phi) is 9.10. The molecule has 1 unspecified atom stereocenters. The average Bonchev–Trinajstić information content (AvgIpc) is 3.13. The van der Waals surface area contributed by atoms with E-state index in [4.69, 9.17) is 0 Å². The number of hydrogen-bond donors (Lipinski definition) is 1. The fourth-order valence-corrected chi connectivity index (χ4v) is 25.1. The molecule has 0 aliphatic heterocycles. The Morgan fingerprint density at radius 2 is 1.34 bits per heavy atom. The summed E-state index contributed by atoms with van der Waals surface area (Å²) in [5, 5.41) is 2.87. The average molecular weight is 519 g/mol. The molecule has 1 atom stereocenters. The summed E-state index contributed by atoms with van der Waals surface area (Å²) in [5.41, 5.74) is 2.70. The van der Waals surface area contributed by atoms with Crippen LogP contribution in [0, 0.1) is 0 Å². The van der Waals surface area contributed by atoms with Crippen molar-refractivity contribution in [2.75, 3.05) is 0 Å². The minimum Gasteiger partial charge on any atom is -1.00 e. The van der Waals surface area contributed by atoms with E-state index in [0.717, 1.165) is 0 Å². The quantitative estimate of drug-likeness (QED) is 0.358.